The van der Waals surface area contributed by atoms with Gasteiger partial charge in [0.2, 0.25) is 0 Å². The molecule has 3 aromatic rings. The van der Waals surface area contributed by atoms with Crippen molar-refractivity contribution < 1.29 is 4.79 Å². The van der Waals surface area contributed by atoms with Crippen molar-refractivity contribution in [1.29, 1.82) is 0 Å². The van der Waals surface area contributed by atoms with Gasteiger partial charge in [0, 0.05) is 30.5 Å². The van der Waals surface area contributed by atoms with Gasteiger partial charge in [-0.15, -0.1) is 0 Å². The number of carbonyl (C=O) groups is 1. The van der Waals surface area contributed by atoms with Crippen LogP contribution in [0.25, 0.3) is 0 Å². The molecule has 3 rings (SSSR count). The zero-order valence-electron chi connectivity index (χ0n) is 17.9. The number of aryl methyl sites for hydroxylation is 2. The lowest BCUT2D eigenvalue weighted by molar-refractivity contribution is 0.0736. The van der Waals surface area contributed by atoms with Crippen molar-refractivity contribution >= 4 is 5.91 Å². The molecule has 3 heteroatoms. The largest absolute Gasteiger partial charge is 0.345 e. The predicted molar refractivity (Wildman–Crippen MR) is 120 cm³/mol. The second-order valence-corrected chi connectivity index (χ2v) is 7.92. The number of aromatic nitrogens is 1. The van der Waals surface area contributed by atoms with Gasteiger partial charge in [0.15, 0.2) is 0 Å². The Bertz CT molecular complexity index is 924. The molecule has 0 saturated carbocycles. The molecule has 0 spiro atoms. The summed E-state index contributed by atoms with van der Waals surface area (Å²) >= 11 is 0. The summed E-state index contributed by atoms with van der Waals surface area (Å²) in [7, 11) is 0. The van der Waals surface area contributed by atoms with Crippen LogP contribution in [0.3, 0.4) is 0 Å². The van der Waals surface area contributed by atoms with Crippen molar-refractivity contribution in [2.75, 3.05) is 6.54 Å². The summed E-state index contributed by atoms with van der Waals surface area (Å²) in [4.78, 5) is 15.2. The zero-order chi connectivity index (χ0) is 20.6. The van der Waals surface area contributed by atoms with Crippen LogP contribution in [-0.4, -0.2) is 21.9 Å². The number of benzene rings is 2. The van der Waals surface area contributed by atoms with Gasteiger partial charge in [0.25, 0.3) is 5.91 Å². The summed E-state index contributed by atoms with van der Waals surface area (Å²) < 4.78 is 2.25. The van der Waals surface area contributed by atoms with E-state index in [1.54, 1.807) is 0 Å². The second kappa shape index (κ2) is 10.1. The van der Waals surface area contributed by atoms with Crippen LogP contribution in [0, 0.1) is 13.8 Å². The third kappa shape index (κ3) is 5.83. The van der Waals surface area contributed by atoms with Crippen LogP contribution in [0.1, 0.15) is 58.9 Å². The minimum atomic E-state index is 0.115. The van der Waals surface area contributed by atoms with Gasteiger partial charge in [0.05, 0.1) is 6.54 Å². The topological polar surface area (TPSA) is 25.2 Å². The molecule has 29 heavy (non-hydrogen) atoms. The number of carbonyl (C=O) groups excluding carboxylic acids is 1. The normalized spacial score (nSPS) is 10.9. The molecule has 1 heterocycles. The van der Waals surface area contributed by atoms with E-state index in [0.29, 0.717) is 6.54 Å². The Labute approximate surface area is 175 Å². The highest BCUT2D eigenvalue weighted by atomic mass is 16.2. The number of amides is 1. The summed E-state index contributed by atoms with van der Waals surface area (Å²) in [6.07, 6.45) is 5.43. The molecular weight excluding hydrogens is 356 g/mol. The van der Waals surface area contributed by atoms with Gasteiger partial charge in [-0.3, -0.25) is 4.79 Å². The Hall–Kier alpha value is -2.81. The highest BCUT2D eigenvalue weighted by Gasteiger charge is 2.17. The van der Waals surface area contributed by atoms with E-state index in [0.717, 1.165) is 37.9 Å². The SMILES string of the molecule is CCCCCN(Cc1cccn1Cc1cccc(C)c1)C(=O)c1ccc(C)cc1. The molecular formula is C26H32N2O. The lowest BCUT2D eigenvalue weighted by Crippen LogP contribution is -2.32. The first-order chi connectivity index (χ1) is 14.1. The van der Waals surface area contributed by atoms with E-state index in [1.165, 1.54) is 22.4 Å². The number of rotatable bonds is 9. The quantitative estimate of drug-likeness (QED) is 0.414. The molecule has 0 saturated heterocycles. The zero-order valence-corrected chi connectivity index (χ0v) is 17.9. The van der Waals surface area contributed by atoms with Gasteiger partial charge in [0.1, 0.15) is 0 Å². The Balaban J connectivity index is 1.78. The third-order valence-electron chi connectivity index (χ3n) is 5.33. The first-order valence-electron chi connectivity index (χ1n) is 10.6. The summed E-state index contributed by atoms with van der Waals surface area (Å²) in [6, 6.07) is 20.7. The van der Waals surface area contributed by atoms with Gasteiger partial charge in [-0.1, -0.05) is 67.3 Å². The van der Waals surface area contributed by atoms with Crippen LogP contribution in [0.5, 0.6) is 0 Å². The monoisotopic (exact) mass is 388 g/mol. The fraction of sp³-hybridized carbons (Fsp3) is 0.346. The van der Waals surface area contributed by atoms with Crippen LogP contribution >= 0.6 is 0 Å². The number of hydrogen-bond donors (Lipinski definition) is 0. The molecule has 0 aliphatic heterocycles. The molecule has 0 aliphatic rings. The number of nitrogens with zero attached hydrogens (tertiary/aromatic N) is 2. The van der Waals surface area contributed by atoms with E-state index in [9.17, 15) is 4.79 Å². The number of unbranched alkanes of at least 4 members (excludes halogenated alkanes) is 2. The molecule has 0 N–H and O–H groups in total. The van der Waals surface area contributed by atoms with E-state index in [-0.39, 0.29) is 5.91 Å². The van der Waals surface area contributed by atoms with Crippen molar-refractivity contribution in [2.24, 2.45) is 0 Å². The highest BCUT2D eigenvalue weighted by molar-refractivity contribution is 5.94. The molecule has 3 nitrogen and oxygen atoms in total. The Kier molecular flexibility index (Phi) is 7.29. The lowest BCUT2D eigenvalue weighted by Gasteiger charge is -2.24. The Morgan fingerprint density at radius 1 is 0.931 bits per heavy atom. The van der Waals surface area contributed by atoms with Crippen molar-refractivity contribution in [1.82, 2.24) is 9.47 Å². The first kappa shape index (κ1) is 20.9. The van der Waals surface area contributed by atoms with Crippen LogP contribution in [0.4, 0.5) is 0 Å². The van der Waals surface area contributed by atoms with Crippen LogP contribution in [0.2, 0.25) is 0 Å². The average molecular weight is 389 g/mol. The van der Waals surface area contributed by atoms with Crippen molar-refractivity contribution in [3.8, 4) is 0 Å². The standard InChI is InChI=1S/C26H32N2O/c1-4-5-6-16-28(26(29)24-14-12-21(2)13-15-24)20-25-11-8-17-27(25)19-23-10-7-9-22(3)18-23/h7-15,17-18H,4-6,16,19-20H2,1-3H3. The maximum Gasteiger partial charge on any atom is 0.254 e. The maximum atomic E-state index is 13.2. The molecule has 0 bridgehead atoms. The summed E-state index contributed by atoms with van der Waals surface area (Å²) in [6.45, 7) is 8.61. The lowest BCUT2D eigenvalue weighted by atomic mass is 10.1. The Morgan fingerprint density at radius 2 is 1.72 bits per heavy atom. The van der Waals surface area contributed by atoms with E-state index in [1.807, 2.05) is 36.1 Å². The highest BCUT2D eigenvalue weighted by Crippen LogP contribution is 2.15. The van der Waals surface area contributed by atoms with Gasteiger partial charge >= 0.3 is 0 Å². The smallest absolute Gasteiger partial charge is 0.254 e. The van der Waals surface area contributed by atoms with E-state index >= 15 is 0 Å². The molecule has 0 radical (unpaired) electrons. The van der Waals surface area contributed by atoms with Crippen LogP contribution in [-0.2, 0) is 13.1 Å². The summed E-state index contributed by atoms with van der Waals surface area (Å²) in [5, 5.41) is 0. The fourth-order valence-corrected chi connectivity index (χ4v) is 3.63. The first-order valence-corrected chi connectivity index (χ1v) is 10.6. The molecule has 0 unspecified atom stereocenters. The van der Waals surface area contributed by atoms with Gasteiger partial charge in [-0.25, -0.2) is 0 Å². The molecule has 0 fully saturated rings. The van der Waals surface area contributed by atoms with Crippen molar-refractivity contribution in [3.63, 3.8) is 0 Å². The van der Waals surface area contributed by atoms with Crippen LogP contribution < -0.4 is 0 Å². The molecule has 2 aromatic carbocycles. The molecule has 1 amide bonds. The molecule has 152 valence electrons. The van der Waals surface area contributed by atoms with E-state index in [2.05, 4.69) is 61.0 Å². The van der Waals surface area contributed by atoms with E-state index in [4.69, 9.17) is 0 Å². The summed E-state index contributed by atoms with van der Waals surface area (Å²) in [5.41, 5.74) is 5.66. The van der Waals surface area contributed by atoms with Gasteiger partial charge < -0.3 is 9.47 Å². The third-order valence-corrected chi connectivity index (χ3v) is 5.33. The fourth-order valence-electron chi connectivity index (χ4n) is 3.63. The van der Waals surface area contributed by atoms with E-state index < -0.39 is 0 Å². The summed E-state index contributed by atoms with van der Waals surface area (Å²) in [5.74, 6) is 0.115. The minimum absolute atomic E-state index is 0.115. The molecule has 0 atom stereocenters. The molecule has 1 aromatic heterocycles. The molecule has 0 aliphatic carbocycles. The van der Waals surface area contributed by atoms with Gasteiger partial charge in [-0.2, -0.15) is 0 Å². The average Bonchev–Trinajstić information content (AvgIpc) is 3.14. The Morgan fingerprint density at radius 3 is 2.45 bits per heavy atom. The van der Waals surface area contributed by atoms with Crippen molar-refractivity contribution in [3.05, 3.63) is 94.8 Å². The maximum absolute atomic E-state index is 13.2. The van der Waals surface area contributed by atoms with Gasteiger partial charge in [-0.05, 0) is 50.1 Å². The van der Waals surface area contributed by atoms with Crippen LogP contribution in [0.15, 0.2) is 66.9 Å². The predicted octanol–water partition coefficient (Wildman–Crippen LogP) is 5.99. The second-order valence-electron chi connectivity index (χ2n) is 7.92. The minimum Gasteiger partial charge on any atom is -0.345 e. The number of hydrogen-bond acceptors (Lipinski definition) is 1. The van der Waals surface area contributed by atoms with Crippen molar-refractivity contribution in [2.45, 2.75) is 53.1 Å².